The highest BCUT2D eigenvalue weighted by atomic mass is 32.2. The summed E-state index contributed by atoms with van der Waals surface area (Å²) in [6, 6.07) is 7.64. The van der Waals surface area contributed by atoms with Gasteiger partial charge in [-0.1, -0.05) is 54.2 Å². The summed E-state index contributed by atoms with van der Waals surface area (Å²) in [6.07, 6.45) is 1.79. The van der Waals surface area contributed by atoms with Gasteiger partial charge < -0.3 is 19.3 Å². The van der Waals surface area contributed by atoms with E-state index in [4.69, 9.17) is 9.47 Å². The quantitative estimate of drug-likeness (QED) is 0.485. The van der Waals surface area contributed by atoms with Gasteiger partial charge in [-0.05, 0) is 24.8 Å². The number of amides is 1. The summed E-state index contributed by atoms with van der Waals surface area (Å²) in [6.45, 7) is 9.92. The second-order valence-electron chi connectivity index (χ2n) is 7.86. The fraction of sp³-hybridized carbons (Fsp3) is 0.375. The van der Waals surface area contributed by atoms with Crippen LogP contribution in [0.2, 0.25) is 0 Å². The lowest BCUT2D eigenvalue weighted by Crippen LogP contribution is -2.42. The number of morpholine rings is 1. The van der Waals surface area contributed by atoms with E-state index in [0.717, 1.165) is 22.0 Å². The Balaban J connectivity index is 1.69. The number of amidine groups is 1. The maximum Gasteiger partial charge on any atom is 0.338 e. The number of thioether (sulfide) groups is 1. The maximum absolute atomic E-state index is 13.1. The lowest BCUT2D eigenvalue weighted by atomic mass is 9.93. The first-order chi connectivity index (χ1) is 15.5. The van der Waals surface area contributed by atoms with Gasteiger partial charge in [-0.15, -0.1) is 0 Å². The Morgan fingerprint density at radius 2 is 2.09 bits per heavy atom. The second kappa shape index (κ2) is 9.75. The SMILES string of the molecule is C=CCOC(=O)C1=C(C)N=C2SC=C(CC(=O)N3CCOCC3)N2[C@H]1c1cccc(C)c1. The van der Waals surface area contributed by atoms with Crippen LogP contribution in [-0.4, -0.2) is 59.8 Å². The van der Waals surface area contributed by atoms with Crippen LogP contribution < -0.4 is 0 Å². The molecule has 0 saturated carbocycles. The number of fused-ring (bicyclic) bond motifs is 1. The number of carbonyl (C=O) groups is 2. The van der Waals surface area contributed by atoms with Crippen LogP contribution in [0, 0.1) is 6.92 Å². The number of nitrogens with zero attached hydrogens (tertiary/aromatic N) is 3. The van der Waals surface area contributed by atoms with Gasteiger partial charge in [0.05, 0.1) is 36.9 Å². The van der Waals surface area contributed by atoms with Gasteiger partial charge in [0.25, 0.3) is 0 Å². The van der Waals surface area contributed by atoms with E-state index >= 15 is 0 Å². The molecule has 0 aromatic heterocycles. The molecule has 7 nitrogen and oxygen atoms in total. The van der Waals surface area contributed by atoms with Crippen molar-refractivity contribution in [2.75, 3.05) is 32.9 Å². The molecule has 0 aliphatic carbocycles. The van der Waals surface area contributed by atoms with Gasteiger partial charge in [-0.2, -0.15) is 0 Å². The first-order valence-corrected chi connectivity index (χ1v) is 11.5. The molecular formula is C24H27N3O4S. The smallest absolute Gasteiger partial charge is 0.338 e. The lowest BCUT2D eigenvalue weighted by molar-refractivity contribution is -0.138. The molecule has 1 fully saturated rings. The monoisotopic (exact) mass is 453 g/mol. The van der Waals surface area contributed by atoms with Crippen molar-refractivity contribution in [2.24, 2.45) is 4.99 Å². The van der Waals surface area contributed by atoms with Crippen LogP contribution in [0.3, 0.4) is 0 Å². The van der Waals surface area contributed by atoms with Gasteiger partial charge in [0.2, 0.25) is 5.91 Å². The number of hydrogen-bond donors (Lipinski definition) is 0. The number of allylic oxidation sites excluding steroid dienone is 1. The molecule has 1 aromatic carbocycles. The first kappa shape index (κ1) is 22.4. The van der Waals surface area contributed by atoms with Gasteiger partial charge in [0.15, 0.2) is 5.17 Å². The van der Waals surface area contributed by atoms with E-state index in [-0.39, 0.29) is 18.9 Å². The molecule has 1 aromatic rings. The van der Waals surface area contributed by atoms with Crippen LogP contribution in [0.1, 0.15) is 30.5 Å². The van der Waals surface area contributed by atoms with Crippen LogP contribution in [0.25, 0.3) is 0 Å². The lowest BCUT2D eigenvalue weighted by Gasteiger charge is -2.37. The minimum Gasteiger partial charge on any atom is -0.458 e. The van der Waals surface area contributed by atoms with E-state index in [1.165, 1.54) is 11.8 Å². The Kier molecular flexibility index (Phi) is 6.81. The summed E-state index contributed by atoms with van der Waals surface area (Å²) in [4.78, 5) is 34.6. The van der Waals surface area contributed by atoms with Crippen molar-refractivity contribution >= 4 is 28.8 Å². The van der Waals surface area contributed by atoms with Crippen molar-refractivity contribution in [1.82, 2.24) is 9.80 Å². The zero-order valence-electron chi connectivity index (χ0n) is 18.4. The van der Waals surface area contributed by atoms with Gasteiger partial charge in [0.1, 0.15) is 6.61 Å². The van der Waals surface area contributed by atoms with E-state index in [2.05, 4.69) is 17.6 Å². The number of carbonyl (C=O) groups excluding carboxylic acids is 2. The van der Waals surface area contributed by atoms with E-state index in [1.54, 1.807) is 6.08 Å². The third-order valence-electron chi connectivity index (χ3n) is 5.61. The molecule has 3 heterocycles. The molecule has 4 rings (SSSR count). The Morgan fingerprint density at radius 3 is 2.81 bits per heavy atom. The average molecular weight is 454 g/mol. The van der Waals surface area contributed by atoms with Crippen molar-refractivity contribution in [1.29, 1.82) is 0 Å². The highest BCUT2D eigenvalue weighted by molar-refractivity contribution is 8.16. The van der Waals surface area contributed by atoms with E-state index in [0.29, 0.717) is 37.6 Å². The summed E-state index contributed by atoms with van der Waals surface area (Å²) < 4.78 is 10.8. The fourth-order valence-corrected chi connectivity index (χ4v) is 5.04. The molecular weight excluding hydrogens is 426 g/mol. The Hall–Kier alpha value is -2.84. The highest BCUT2D eigenvalue weighted by Crippen LogP contribution is 2.45. The molecule has 8 heteroatoms. The van der Waals surface area contributed by atoms with Crippen LogP contribution in [0.4, 0.5) is 0 Å². The minimum atomic E-state index is -0.424. The normalized spacial score (nSPS) is 20.5. The van der Waals surface area contributed by atoms with Crippen LogP contribution in [0.5, 0.6) is 0 Å². The highest BCUT2D eigenvalue weighted by Gasteiger charge is 2.41. The Labute approximate surface area is 192 Å². The second-order valence-corrected chi connectivity index (χ2v) is 8.70. The van der Waals surface area contributed by atoms with Gasteiger partial charge >= 0.3 is 5.97 Å². The molecule has 1 saturated heterocycles. The zero-order valence-corrected chi connectivity index (χ0v) is 19.2. The van der Waals surface area contributed by atoms with Crippen molar-refractivity contribution in [3.63, 3.8) is 0 Å². The fourth-order valence-electron chi connectivity index (χ4n) is 4.08. The first-order valence-electron chi connectivity index (χ1n) is 10.6. The molecule has 3 aliphatic rings. The van der Waals surface area contributed by atoms with E-state index < -0.39 is 12.0 Å². The average Bonchev–Trinajstić information content (AvgIpc) is 3.18. The summed E-state index contributed by atoms with van der Waals surface area (Å²) in [5.41, 5.74) is 3.98. The Morgan fingerprint density at radius 1 is 1.31 bits per heavy atom. The predicted octanol–water partition coefficient (Wildman–Crippen LogP) is 3.55. The predicted molar refractivity (Wildman–Crippen MR) is 125 cm³/mol. The molecule has 0 radical (unpaired) electrons. The molecule has 32 heavy (non-hydrogen) atoms. The third kappa shape index (κ3) is 4.52. The van der Waals surface area contributed by atoms with Gasteiger partial charge in [-0.25, -0.2) is 9.79 Å². The topological polar surface area (TPSA) is 71.4 Å². The minimum absolute atomic E-state index is 0.0476. The maximum atomic E-state index is 13.1. The number of rotatable bonds is 6. The largest absolute Gasteiger partial charge is 0.458 e. The Bertz CT molecular complexity index is 1020. The molecule has 3 aliphatic heterocycles. The summed E-state index contributed by atoms with van der Waals surface area (Å²) >= 11 is 1.48. The number of ether oxygens (including phenoxy) is 2. The summed E-state index contributed by atoms with van der Waals surface area (Å²) in [7, 11) is 0. The van der Waals surface area contributed by atoms with Crippen molar-refractivity contribution in [2.45, 2.75) is 26.3 Å². The number of esters is 1. The van der Waals surface area contributed by atoms with Gasteiger partial charge in [-0.3, -0.25) is 4.79 Å². The van der Waals surface area contributed by atoms with Crippen molar-refractivity contribution in [3.05, 3.63) is 70.4 Å². The van der Waals surface area contributed by atoms with E-state index in [1.807, 2.05) is 47.3 Å². The molecule has 0 bridgehead atoms. The summed E-state index contributed by atoms with van der Waals surface area (Å²) in [5, 5.41) is 2.73. The molecule has 0 spiro atoms. The standard InChI is InChI=1S/C24H27N3O4S/c1-4-10-31-23(29)21-17(3)25-24-27(22(21)18-7-5-6-16(2)13-18)19(15-32-24)14-20(28)26-8-11-30-12-9-26/h4-7,13,15,22H,1,8-12,14H2,2-3H3/t22-/m0/s1. The van der Waals surface area contributed by atoms with Crippen molar-refractivity contribution in [3.8, 4) is 0 Å². The van der Waals surface area contributed by atoms with Crippen LogP contribution in [-0.2, 0) is 19.1 Å². The van der Waals surface area contributed by atoms with Crippen molar-refractivity contribution < 1.29 is 19.1 Å². The zero-order chi connectivity index (χ0) is 22.7. The van der Waals surface area contributed by atoms with Crippen LogP contribution >= 0.6 is 11.8 Å². The number of aryl methyl sites for hydroxylation is 1. The summed E-state index contributed by atoms with van der Waals surface area (Å²) in [5.74, 6) is -0.376. The molecule has 0 N–H and O–H groups in total. The number of aliphatic imine (C=N–C) groups is 1. The molecule has 0 unspecified atom stereocenters. The van der Waals surface area contributed by atoms with Crippen LogP contribution in [0.15, 0.2) is 64.3 Å². The molecule has 1 amide bonds. The van der Waals surface area contributed by atoms with Gasteiger partial charge in [0, 0.05) is 18.8 Å². The molecule has 168 valence electrons. The number of benzene rings is 1. The number of hydrogen-bond acceptors (Lipinski definition) is 7. The third-order valence-corrected chi connectivity index (χ3v) is 6.50. The molecule has 1 atom stereocenters. The van der Waals surface area contributed by atoms with E-state index in [9.17, 15) is 9.59 Å².